The molecule has 0 saturated heterocycles. The highest BCUT2D eigenvalue weighted by Gasteiger charge is 2.24. The van der Waals surface area contributed by atoms with E-state index in [1.54, 1.807) is 12.1 Å². The lowest BCUT2D eigenvalue weighted by Crippen LogP contribution is -2.18. The van der Waals surface area contributed by atoms with Crippen LogP contribution in [0.5, 0.6) is 0 Å². The number of carbonyl (C=O) groups is 1. The molecule has 2 aromatic rings. The maximum Gasteiger partial charge on any atom is 0.258 e. The van der Waals surface area contributed by atoms with Gasteiger partial charge in [0.15, 0.2) is 23.3 Å². The number of carbonyl (C=O) groups excluding carboxylic acids is 1. The fraction of sp³-hybridized carbons (Fsp3) is 0.235. The predicted molar refractivity (Wildman–Crippen MR) is 84.4 cm³/mol. The second kappa shape index (κ2) is 7.21. The molecule has 0 aliphatic rings. The van der Waals surface area contributed by atoms with Gasteiger partial charge in [0.1, 0.15) is 0 Å². The minimum absolute atomic E-state index is 0.324. The lowest BCUT2D eigenvalue weighted by atomic mass is 10.0. The van der Waals surface area contributed by atoms with Gasteiger partial charge in [-0.15, -0.1) is 0 Å². The molecule has 0 fully saturated rings. The van der Waals surface area contributed by atoms with Crippen LogP contribution in [0.15, 0.2) is 18.2 Å². The summed E-state index contributed by atoms with van der Waals surface area (Å²) in [5, 5.41) is 2.84. The molecule has 24 heavy (non-hydrogen) atoms. The average Bonchev–Trinajstić information content (AvgIpc) is 2.56. The van der Waals surface area contributed by atoms with Gasteiger partial charge in [-0.1, -0.05) is 31.5 Å². The van der Waals surface area contributed by atoms with E-state index in [-0.39, 0.29) is 0 Å². The Balaban J connectivity index is 2.50. The summed E-state index contributed by atoms with van der Waals surface area (Å²) in [6.07, 6.45) is 1.03. The Bertz CT molecular complexity index is 808. The Kier molecular flexibility index (Phi) is 5.49. The molecule has 2 rings (SSSR count). The summed E-state index contributed by atoms with van der Waals surface area (Å²) in [7, 11) is 0. The van der Waals surface area contributed by atoms with E-state index in [2.05, 4.69) is 5.32 Å². The molecule has 0 aromatic heterocycles. The lowest BCUT2D eigenvalue weighted by molar-refractivity contribution is 0.102. The van der Waals surface area contributed by atoms with Gasteiger partial charge in [-0.25, -0.2) is 17.6 Å². The highest BCUT2D eigenvalue weighted by molar-refractivity contribution is 6.32. The van der Waals surface area contributed by atoms with Crippen LogP contribution in [-0.4, -0.2) is 5.91 Å². The summed E-state index contributed by atoms with van der Waals surface area (Å²) in [5.41, 5.74) is 0.790. The third-order valence-corrected chi connectivity index (χ3v) is 4.02. The first-order valence-electron chi connectivity index (χ1n) is 7.26. The molecule has 0 aliphatic carbocycles. The molecule has 0 atom stereocenters. The Morgan fingerprint density at radius 3 is 2.29 bits per heavy atom. The minimum Gasteiger partial charge on any atom is -0.321 e. The first kappa shape index (κ1) is 18.3. The van der Waals surface area contributed by atoms with E-state index in [0.717, 1.165) is 5.56 Å². The van der Waals surface area contributed by atoms with Crippen LogP contribution in [0.2, 0.25) is 5.02 Å². The van der Waals surface area contributed by atoms with Crippen molar-refractivity contribution in [2.75, 3.05) is 5.32 Å². The molecule has 0 spiro atoms. The molecule has 0 bridgehead atoms. The summed E-state index contributed by atoms with van der Waals surface area (Å²) in [4.78, 5) is 12.2. The zero-order valence-electron chi connectivity index (χ0n) is 12.9. The third-order valence-electron chi connectivity index (χ3n) is 3.66. The van der Waals surface area contributed by atoms with Crippen LogP contribution in [0.4, 0.5) is 23.2 Å². The fourth-order valence-corrected chi connectivity index (χ4v) is 2.68. The summed E-state index contributed by atoms with van der Waals surface area (Å²) in [5.74, 6) is -8.47. The normalized spacial score (nSPS) is 10.8. The highest BCUT2D eigenvalue weighted by atomic mass is 35.5. The summed E-state index contributed by atoms with van der Waals surface area (Å²) in [6.45, 7) is 3.66. The fourth-order valence-electron chi connectivity index (χ4n) is 2.39. The Hall–Kier alpha value is -2.08. The van der Waals surface area contributed by atoms with Gasteiger partial charge in [-0.05, 0) is 36.1 Å². The van der Waals surface area contributed by atoms with Crippen LogP contribution in [0.25, 0.3) is 0 Å². The van der Waals surface area contributed by atoms with Crippen molar-refractivity contribution in [1.29, 1.82) is 0 Å². The van der Waals surface area contributed by atoms with Crippen molar-refractivity contribution >= 4 is 23.2 Å². The molecule has 7 heteroatoms. The van der Waals surface area contributed by atoms with Crippen molar-refractivity contribution in [3.63, 3.8) is 0 Å². The maximum atomic E-state index is 13.8. The molecule has 2 nitrogen and oxygen atoms in total. The summed E-state index contributed by atoms with van der Waals surface area (Å²) >= 11 is 6.10. The number of anilines is 1. The summed E-state index contributed by atoms with van der Waals surface area (Å²) in [6, 6.07) is 3.69. The minimum atomic E-state index is -2.03. The molecule has 0 unspecified atom stereocenters. The largest absolute Gasteiger partial charge is 0.321 e. The van der Waals surface area contributed by atoms with Crippen LogP contribution in [-0.2, 0) is 12.8 Å². The van der Waals surface area contributed by atoms with Gasteiger partial charge in [0, 0.05) is 10.7 Å². The van der Waals surface area contributed by atoms with Crippen LogP contribution in [0.3, 0.4) is 0 Å². The molecule has 2 aromatic carbocycles. The molecule has 1 amide bonds. The Morgan fingerprint density at radius 2 is 1.71 bits per heavy atom. The second-order valence-corrected chi connectivity index (χ2v) is 5.48. The molecular formula is C17H14ClF4NO. The van der Waals surface area contributed by atoms with Gasteiger partial charge in [0.2, 0.25) is 0 Å². The number of hydrogen-bond acceptors (Lipinski definition) is 1. The van der Waals surface area contributed by atoms with Gasteiger partial charge in [-0.2, -0.15) is 0 Å². The molecule has 0 radical (unpaired) electrons. The molecule has 0 aliphatic heterocycles. The monoisotopic (exact) mass is 359 g/mol. The highest BCUT2D eigenvalue weighted by Crippen LogP contribution is 2.30. The topological polar surface area (TPSA) is 29.1 Å². The summed E-state index contributed by atoms with van der Waals surface area (Å²) < 4.78 is 53.4. The first-order chi connectivity index (χ1) is 11.3. The van der Waals surface area contributed by atoms with Crippen LogP contribution in [0, 0.1) is 23.3 Å². The Morgan fingerprint density at radius 1 is 1.04 bits per heavy atom. The number of rotatable bonds is 4. The maximum absolute atomic E-state index is 13.8. The van der Waals surface area contributed by atoms with Crippen molar-refractivity contribution in [2.24, 2.45) is 0 Å². The zero-order valence-corrected chi connectivity index (χ0v) is 13.7. The van der Waals surface area contributed by atoms with Crippen molar-refractivity contribution in [2.45, 2.75) is 26.7 Å². The van der Waals surface area contributed by atoms with Gasteiger partial charge in [-0.3, -0.25) is 4.79 Å². The molecule has 128 valence electrons. The van der Waals surface area contributed by atoms with Crippen molar-refractivity contribution in [1.82, 2.24) is 0 Å². The standard InChI is InChI=1S/C17H14ClF4NO/c1-3-8-5-6-11(18)9(4-2)16(8)23-17(24)10-7-12(19)14(21)15(22)13(10)20/h5-7H,3-4H2,1-2H3,(H,23,24). The number of hydrogen-bond donors (Lipinski definition) is 1. The SMILES string of the molecule is CCc1ccc(Cl)c(CC)c1NC(=O)c1cc(F)c(F)c(F)c1F. The van der Waals surface area contributed by atoms with E-state index in [1.165, 1.54) is 0 Å². The van der Waals surface area contributed by atoms with E-state index < -0.39 is 34.7 Å². The molecule has 0 heterocycles. The van der Waals surface area contributed by atoms with Gasteiger partial charge in [0.25, 0.3) is 5.91 Å². The predicted octanol–water partition coefficient (Wildman–Crippen LogP) is 5.27. The van der Waals surface area contributed by atoms with E-state index in [9.17, 15) is 22.4 Å². The van der Waals surface area contributed by atoms with Crippen molar-refractivity contribution < 1.29 is 22.4 Å². The van der Waals surface area contributed by atoms with E-state index in [4.69, 9.17) is 11.6 Å². The number of amides is 1. The second-order valence-electron chi connectivity index (χ2n) is 5.07. The molecule has 0 saturated carbocycles. The van der Waals surface area contributed by atoms with Gasteiger partial charge >= 0.3 is 0 Å². The first-order valence-corrected chi connectivity index (χ1v) is 7.64. The van der Waals surface area contributed by atoms with E-state index >= 15 is 0 Å². The van der Waals surface area contributed by atoms with Gasteiger partial charge in [0.05, 0.1) is 5.56 Å². The van der Waals surface area contributed by atoms with Crippen molar-refractivity contribution in [3.05, 3.63) is 63.2 Å². The average molecular weight is 360 g/mol. The number of nitrogens with one attached hydrogen (secondary N) is 1. The van der Waals surface area contributed by atoms with Crippen LogP contribution < -0.4 is 5.32 Å². The van der Waals surface area contributed by atoms with Gasteiger partial charge < -0.3 is 5.32 Å². The zero-order chi connectivity index (χ0) is 18.0. The lowest BCUT2D eigenvalue weighted by Gasteiger charge is -2.16. The van der Waals surface area contributed by atoms with E-state index in [0.29, 0.717) is 35.2 Å². The Labute approximate surface area is 141 Å². The molecule has 1 N–H and O–H groups in total. The quantitative estimate of drug-likeness (QED) is 0.449. The molecular weight excluding hydrogens is 346 g/mol. The third kappa shape index (κ3) is 3.24. The van der Waals surface area contributed by atoms with Crippen molar-refractivity contribution in [3.8, 4) is 0 Å². The number of benzene rings is 2. The van der Waals surface area contributed by atoms with E-state index in [1.807, 2.05) is 13.8 Å². The number of halogens is 5. The smallest absolute Gasteiger partial charge is 0.258 e. The van der Waals surface area contributed by atoms with Crippen LogP contribution in [0.1, 0.15) is 35.3 Å². The number of aryl methyl sites for hydroxylation is 1. The van der Waals surface area contributed by atoms with Crippen LogP contribution >= 0.6 is 11.6 Å².